The Balaban J connectivity index is 1.28. The van der Waals surface area contributed by atoms with E-state index in [1.54, 1.807) is 16.4 Å². The number of sulfonamides is 1. The number of nitrogens with two attached hydrogens (primary N) is 1. The summed E-state index contributed by atoms with van der Waals surface area (Å²) >= 11 is 0. The van der Waals surface area contributed by atoms with E-state index in [0.29, 0.717) is 42.8 Å². The van der Waals surface area contributed by atoms with Crippen molar-refractivity contribution in [1.29, 1.82) is 0 Å². The molecule has 2 heterocycles. The summed E-state index contributed by atoms with van der Waals surface area (Å²) < 4.78 is 28.1. The molecule has 0 saturated carbocycles. The molecule has 3 N–H and O–H groups in total. The van der Waals surface area contributed by atoms with Crippen molar-refractivity contribution in [3.05, 3.63) is 78.6 Å². The second-order valence-electron chi connectivity index (χ2n) is 8.49. The fraction of sp³-hybridized carbons (Fsp3) is 0.240. The van der Waals surface area contributed by atoms with E-state index in [4.69, 9.17) is 5.73 Å². The van der Waals surface area contributed by atoms with Crippen molar-refractivity contribution in [3.8, 4) is 0 Å². The first-order valence-electron chi connectivity index (χ1n) is 11.5. The Bertz CT molecular complexity index is 1440. The van der Waals surface area contributed by atoms with Crippen LogP contribution in [0.15, 0.2) is 77.7 Å². The van der Waals surface area contributed by atoms with E-state index in [-0.39, 0.29) is 12.0 Å². The molecule has 0 amide bonds. The molecule has 1 aliphatic rings. The van der Waals surface area contributed by atoms with Crippen LogP contribution in [0.5, 0.6) is 0 Å². The molecule has 3 aromatic carbocycles. The van der Waals surface area contributed by atoms with Gasteiger partial charge in [0, 0.05) is 31.9 Å². The van der Waals surface area contributed by atoms with Gasteiger partial charge < -0.3 is 11.1 Å². The molecule has 9 nitrogen and oxygen atoms in total. The third-order valence-corrected chi connectivity index (χ3v) is 8.15. The third-order valence-electron chi connectivity index (χ3n) is 6.25. The number of benzene rings is 3. The maximum atomic E-state index is 13.3. The van der Waals surface area contributed by atoms with E-state index in [0.717, 1.165) is 16.5 Å². The van der Waals surface area contributed by atoms with E-state index in [1.165, 1.54) is 0 Å². The molecule has 180 valence electrons. The van der Waals surface area contributed by atoms with Crippen LogP contribution in [-0.2, 0) is 10.0 Å². The minimum absolute atomic E-state index is 0.137. The lowest BCUT2D eigenvalue weighted by Gasteiger charge is -2.36. The second-order valence-corrected chi connectivity index (χ2v) is 10.4. The normalized spacial score (nSPS) is 16.3. The molecule has 1 saturated heterocycles. The van der Waals surface area contributed by atoms with Gasteiger partial charge in [0.2, 0.25) is 21.9 Å². The molecule has 0 radical (unpaired) electrons. The Morgan fingerprint density at radius 3 is 2.29 bits per heavy atom. The van der Waals surface area contributed by atoms with Crippen LogP contribution in [0.2, 0.25) is 0 Å². The molecule has 0 spiro atoms. The Morgan fingerprint density at radius 2 is 1.54 bits per heavy atom. The van der Waals surface area contributed by atoms with Crippen LogP contribution in [0.3, 0.4) is 0 Å². The number of hydrogen-bond acceptors (Lipinski definition) is 8. The van der Waals surface area contributed by atoms with Crippen LogP contribution >= 0.6 is 0 Å². The summed E-state index contributed by atoms with van der Waals surface area (Å²) in [6, 6.07) is 22.5. The topological polar surface area (TPSA) is 117 Å². The summed E-state index contributed by atoms with van der Waals surface area (Å²) in [5.74, 6) is 1.06. The third kappa shape index (κ3) is 4.95. The summed E-state index contributed by atoms with van der Waals surface area (Å²) in [7, 11) is -3.58. The highest BCUT2D eigenvalue weighted by atomic mass is 32.2. The van der Waals surface area contributed by atoms with Crippen molar-refractivity contribution in [2.24, 2.45) is 0 Å². The van der Waals surface area contributed by atoms with Crippen LogP contribution in [0.4, 0.5) is 17.6 Å². The zero-order chi connectivity index (χ0) is 24.4. The molecular formula is C25H27N7O2S. The Hall–Kier alpha value is -3.60. The molecule has 10 heteroatoms. The molecule has 1 aromatic heterocycles. The maximum absolute atomic E-state index is 13.3. The lowest BCUT2D eigenvalue weighted by molar-refractivity contribution is 0.141. The van der Waals surface area contributed by atoms with Crippen LogP contribution in [0.25, 0.3) is 10.8 Å². The number of piperazine rings is 1. The zero-order valence-corrected chi connectivity index (χ0v) is 20.2. The largest absolute Gasteiger partial charge is 0.368 e. The van der Waals surface area contributed by atoms with Crippen LogP contribution in [0, 0.1) is 0 Å². The Kier molecular flexibility index (Phi) is 6.33. The molecule has 4 aromatic rings. The van der Waals surface area contributed by atoms with E-state index in [1.807, 2.05) is 67.6 Å². The number of fused-ring (bicyclic) bond motifs is 1. The number of nitrogens with zero attached hydrogens (tertiary/aromatic N) is 5. The fourth-order valence-electron chi connectivity index (χ4n) is 4.27. The molecule has 1 atom stereocenters. The fourth-order valence-corrected chi connectivity index (χ4v) is 5.73. The van der Waals surface area contributed by atoms with Crippen molar-refractivity contribution in [3.63, 3.8) is 0 Å². The SMILES string of the molecule is C[C@H](c1nc(N)nc(Nc2ccccc2)n1)N1CCN(S(=O)(=O)c2ccc3ccccc3c2)CC1. The standard InChI is InChI=1S/C25H27N7O2S/c1-18(23-28-24(26)30-25(29-23)27-21-9-3-2-4-10-21)31-13-15-32(16-14-31)35(33,34)22-12-11-19-7-5-6-8-20(19)17-22/h2-12,17-18H,13-16H2,1H3,(H3,26,27,28,29,30)/t18-/m1/s1. The van der Waals surface area contributed by atoms with Gasteiger partial charge in [0.25, 0.3) is 0 Å². The molecule has 1 fully saturated rings. The van der Waals surface area contributed by atoms with E-state index in [9.17, 15) is 8.42 Å². The number of nitrogens with one attached hydrogen (secondary N) is 1. The lowest BCUT2D eigenvalue weighted by atomic mass is 10.1. The highest BCUT2D eigenvalue weighted by Gasteiger charge is 2.31. The first-order chi connectivity index (χ1) is 16.9. The first kappa shape index (κ1) is 23.2. The van der Waals surface area contributed by atoms with Gasteiger partial charge in [-0.2, -0.15) is 19.3 Å². The van der Waals surface area contributed by atoms with Gasteiger partial charge in [-0.15, -0.1) is 0 Å². The summed E-state index contributed by atoms with van der Waals surface area (Å²) in [6.45, 7) is 3.88. The summed E-state index contributed by atoms with van der Waals surface area (Å²) in [5, 5.41) is 5.08. The highest BCUT2D eigenvalue weighted by molar-refractivity contribution is 7.89. The van der Waals surface area contributed by atoms with Crippen molar-refractivity contribution >= 4 is 38.4 Å². The minimum atomic E-state index is -3.58. The van der Waals surface area contributed by atoms with Gasteiger partial charge in [-0.3, -0.25) is 4.90 Å². The number of nitrogen functional groups attached to an aromatic ring is 1. The summed E-state index contributed by atoms with van der Waals surface area (Å²) in [6.07, 6.45) is 0. The molecule has 0 bridgehead atoms. The van der Waals surface area contributed by atoms with Crippen molar-refractivity contribution in [1.82, 2.24) is 24.2 Å². The van der Waals surface area contributed by atoms with E-state index in [2.05, 4.69) is 25.2 Å². The molecule has 5 rings (SSSR count). The molecule has 35 heavy (non-hydrogen) atoms. The predicted molar refractivity (Wildman–Crippen MR) is 137 cm³/mol. The Morgan fingerprint density at radius 1 is 0.857 bits per heavy atom. The Labute approximate surface area is 204 Å². The van der Waals surface area contributed by atoms with Gasteiger partial charge in [-0.05, 0) is 42.0 Å². The first-order valence-corrected chi connectivity index (χ1v) is 12.9. The maximum Gasteiger partial charge on any atom is 0.243 e. The average Bonchev–Trinajstić information content (AvgIpc) is 2.88. The second kappa shape index (κ2) is 9.57. The van der Waals surface area contributed by atoms with Crippen LogP contribution in [-0.4, -0.2) is 58.8 Å². The minimum Gasteiger partial charge on any atom is -0.368 e. The van der Waals surface area contributed by atoms with Gasteiger partial charge in [-0.1, -0.05) is 48.5 Å². The lowest BCUT2D eigenvalue weighted by Crippen LogP contribution is -2.49. The van der Waals surface area contributed by atoms with Gasteiger partial charge in [0.15, 0.2) is 5.82 Å². The molecular weight excluding hydrogens is 462 g/mol. The number of aromatic nitrogens is 3. The van der Waals surface area contributed by atoms with E-state index >= 15 is 0 Å². The van der Waals surface area contributed by atoms with Gasteiger partial charge in [-0.25, -0.2) is 8.42 Å². The van der Waals surface area contributed by atoms with E-state index < -0.39 is 10.0 Å². The smallest absolute Gasteiger partial charge is 0.243 e. The van der Waals surface area contributed by atoms with Crippen molar-refractivity contribution in [2.45, 2.75) is 17.9 Å². The average molecular weight is 490 g/mol. The quantitative estimate of drug-likeness (QED) is 0.423. The van der Waals surface area contributed by atoms with Gasteiger partial charge in [0.1, 0.15) is 0 Å². The number of anilines is 3. The van der Waals surface area contributed by atoms with Gasteiger partial charge in [0.05, 0.1) is 10.9 Å². The number of para-hydroxylation sites is 1. The monoisotopic (exact) mass is 489 g/mol. The van der Waals surface area contributed by atoms with Crippen molar-refractivity contribution in [2.75, 3.05) is 37.2 Å². The summed E-state index contributed by atoms with van der Waals surface area (Å²) in [4.78, 5) is 15.6. The molecule has 1 aliphatic heterocycles. The zero-order valence-electron chi connectivity index (χ0n) is 19.4. The number of hydrogen-bond donors (Lipinski definition) is 2. The van der Waals surface area contributed by atoms with Gasteiger partial charge >= 0.3 is 0 Å². The molecule has 0 unspecified atom stereocenters. The van der Waals surface area contributed by atoms with Crippen LogP contribution in [0.1, 0.15) is 18.8 Å². The van der Waals surface area contributed by atoms with Crippen LogP contribution < -0.4 is 11.1 Å². The van der Waals surface area contributed by atoms with Crippen molar-refractivity contribution < 1.29 is 8.42 Å². The summed E-state index contributed by atoms with van der Waals surface area (Å²) in [5.41, 5.74) is 6.81. The molecule has 0 aliphatic carbocycles. The number of rotatable bonds is 6. The highest BCUT2D eigenvalue weighted by Crippen LogP contribution is 2.26. The predicted octanol–water partition coefficient (Wildman–Crippen LogP) is 3.42.